The number of alkyl halides is 1. The lowest BCUT2D eigenvalue weighted by Gasteiger charge is -2.05. The van der Waals surface area contributed by atoms with Gasteiger partial charge in [0.25, 0.3) is 0 Å². The van der Waals surface area contributed by atoms with Gasteiger partial charge in [0.2, 0.25) is 0 Å². The van der Waals surface area contributed by atoms with Crippen LogP contribution in [-0.2, 0) is 9.84 Å². The Balaban J connectivity index is 2.61. The molecule has 0 unspecified atom stereocenters. The molecule has 3 nitrogen and oxygen atoms in total. The van der Waals surface area contributed by atoms with Crippen LogP contribution in [0.1, 0.15) is 49.4 Å². The van der Waals surface area contributed by atoms with Crippen molar-refractivity contribution >= 4 is 27.2 Å². The van der Waals surface area contributed by atoms with Crippen LogP contribution in [0.2, 0.25) is 0 Å². The Labute approximate surface area is 126 Å². The quantitative estimate of drug-likeness (QED) is 0.395. The largest absolute Gasteiger partial charge is 0.293 e. The van der Waals surface area contributed by atoms with Gasteiger partial charge < -0.3 is 0 Å². The van der Waals surface area contributed by atoms with Gasteiger partial charge in [-0.15, -0.1) is 11.6 Å². The summed E-state index contributed by atoms with van der Waals surface area (Å²) in [6, 6.07) is 6.02. The van der Waals surface area contributed by atoms with E-state index in [0.717, 1.165) is 25.7 Å². The molecule has 0 amide bonds. The van der Waals surface area contributed by atoms with Crippen LogP contribution in [0.15, 0.2) is 29.2 Å². The van der Waals surface area contributed by atoms with Crippen molar-refractivity contribution in [2.75, 3.05) is 11.6 Å². The first-order valence-corrected chi connectivity index (χ1v) is 9.12. The van der Waals surface area contributed by atoms with Gasteiger partial charge in [-0.25, -0.2) is 8.42 Å². The normalized spacial score (nSPS) is 11.5. The lowest BCUT2D eigenvalue weighted by atomic mass is 10.1. The fraction of sp³-hybridized carbons (Fsp3) is 0.533. The van der Waals surface area contributed by atoms with E-state index in [4.69, 9.17) is 11.6 Å². The summed E-state index contributed by atoms with van der Waals surface area (Å²) >= 11 is 5.46. The fourth-order valence-corrected chi connectivity index (χ4v) is 3.46. The van der Waals surface area contributed by atoms with Crippen LogP contribution in [0.5, 0.6) is 0 Å². The van der Waals surface area contributed by atoms with Gasteiger partial charge in [0.1, 0.15) is 0 Å². The van der Waals surface area contributed by atoms with Crippen molar-refractivity contribution in [2.24, 2.45) is 0 Å². The van der Waals surface area contributed by atoms with Gasteiger partial charge >= 0.3 is 0 Å². The molecule has 0 spiro atoms. The van der Waals surface area contributed by atoms with Gasteiger partial charge in [-0.05, 0) is 18.6 Å². The van der Waals surface area contributed by atoms with E-state index < -0.39 is 9.84 Å². The first-order chi connectivity index (χ1) is 9.51. The topological polar surface area (TPSA) is 51.2 Å². The van der Waals surface area contributed by atoms with Crippen LogP contribution in [0.25, 0.3) is 0 Å². The van der Waals surface area contributed by atoms with E-state index in [-0.39, 0.29) is 22.3 Å². The van der Waals surface area contributed by atoms with Crippen LogP contribution in [0.4, 0.5) is 0 Å². The Morgan fingerprint density at radius 1 is 1.05 bits per heavy atom. The number of hydrogen-bond donors (Lipinski definition) is 0. The number of halogens is 1. The third kappa shape index (κ3) is 5.25. The highest BCUT2D eigenvalue weighted by atomic mass is 35.5. The molecule has 1 aromatic carbocycles. The molecule has 0 aromatic heterocycles. The summed E-state index contributed by atoms with van der Waals surface area (Å²) in [4.78, 5) is 11.6. The smallest absolute Gasteiger partial charge is 0.178 e. The van der Waals surface area contributed by atoms with Gasteiger partial charge in [0.05, 0.1) is 16.5 Å². The van der Waals surface area contributed by atoms with Gasteiger partial charge in [-0.2, -0.15) is 0 Å². The number of ketones is 1. The second-order valence-electron chi connectivity index (χ2n) is 4.81. The zero-order valence-corrected chi connectivity index (χ0v) is 13.3. The Bertz CT molecular complexity index is 521. The van der Waals surface area contributed by atoms with Crippen molar-refractivity contribution in [3.8, 4) is 0 Å². The molecule has 112 valence electrons. The SMILES string of the molecule is CCCCCCCS(=O)(=O)c1ccc(C(=O)CCl)cc1. The number of carbonyl (C=O) groups is 1. The molecule has 0 atom stereocenters. The minimum absolute atomic E-state index is 0.0937. The average Bonchev–Trinajstić information content (AvgIpc) is 2.46. The molecule has 0 aliphatic carbocycles. The molecule has 20 heavy (non-hydrogen) atoms. The maximum Gasteiger partial charge on any atom is 0.178 e. The molecule has 0 bridgehead atoms. The summed E-state index contributed by atoms with van der Waals surface area (Å²) in [7, 11) is -3.24. The zero-order valence-electron chi connectivity index (χ0n) is 11.8. The number of hydrogen-bond acceptors (Lipinski definition) is 3. The summed E-state index contributed by atoms with van der Waals surface area (Å²) < 4.78 is 24.2. The molecule has 0 aliphatic rings. The van der Waals surface area contributed by atoms with E-state index >= 15 is 0 Å². The van der Waals surface area contributed by atoms with E-state index in [2.05, 4.69) is 6.92 Å². The molecule has 0 saturated heterocycles. The molecule has 5 heteroatoms. The zero-order chi connectivity index (χ0) is 15.0. The van der Waals surface area contributed by atoms with Crippen molar-refractivity contribution in [1.82, 2.24) is 0 Å². The molecule has 0 saturated carbocycles. The van der Waals surface area contributed by atoms with Gasteiger partial charge in [0.15, 0.2) is 15.6 Å². The Hall–Kier alpha value is -0.870. The molecule has 0 aliphatic heterocycles. The molecule has 0 N–H and O–H groups in total. The molecule has 0 heterocycles. The average molecular weight is 317 g/mol. The van der Waals surface area contributed by atoms with E-state index in [1.807, 2.05) is 0 Å². The molecule has 1 rings (SSSR count). The van der Waals surface area contributed by atoms with Crippen LogP contribution in [0.3, 0.4) is 0 Å². The third-order valence-electron chi connectivity index (χ3n) is 3.17. The summed E-state index contributed by atoms with van der Waals surface area (Å²) in [6.07, 6.45) is 4.99. The number of carbonyl (C=O) groups excluding carboxylic acids is 1. The van der Waals surface area contributed by atoms with E-state index in [1.165, 1.54) is 24.3 Å². The van der Waals surface area contributed by atoms with Crippen LogP contribution in [0, 0.1) is 0 Å². The minimum Gasteiger partial charge on any atom is -0.293 e. The predicted molar refractivity (Wildman–Crippen MR) is 82.3 cm³/mol. The molecular weight excluding hydrogens is 296 g/mol. The van der Waals surface area contributed by atoms with Gasteiger partial charge in [-0.3, -0.25) is 4.79 Å². The van der Waals surface area contributed by atoms with E-state index in [0.29, 0.717) is 12.0 Å². The van der Waals surface area contributed by atoms with Crippen molar-refractivity contribution in [1.29, 1.82) is 0 Å². The Morgan fingerprint density at radius 2 is 1.65 bits per heavy atom. The van der Waals surface area contributed by atoms with Crippen molar-refractivity contribution < 1.29 is 13.2 Å². The molecule has 0 radical (unpaired) electrons. The monoisotopic (exact) mass is 316 g/mol. The maximum absolute atomic E-state index is 12.1. The summed E-state index contributed by atoms with van der Waals surface area (Å²) in [5.41, 5.74) is 0.446. The Morgan fingerprint density at radius 3 is 2.20 bits per heavy atom. The summed E-state index contributed by atoms with van der Waals surface area (Å²) in [5.74, 6) is -0.126. The van der Waals surface area contributed by atoms with E-state index in [1.54, 1.807) is 0 Å². The van der Waals surface area contributed by atoms with Crippen LogP contribution >= 0.6 is 11.6 Å². The second kappa shape index (κ2) is 8.42. The van der Waals surface area contributed by atoms with Crippen molar-refractivity contribution in [3.63, 3.8) is 0 Å². The van der Waals surface area contributed by atoms with Crippen LogP contribution in [-0.4, -0.2) is 25.8 Å². The van der Waals surface area contributed by atoms with Crippen LogP contribution < -0.4 is 0 Å². The first kappa shape index (κ1) is 17.2. The number of rotatable bonds is 9. The van der Waals surface area contributed by atoms with Crippen molar-refractivity contribution in [2.45, 2.75) is 43.9 Å². The summed E-state index contributed by atoms with van der Waals surface area (Å²) in [6.45, 7) is 2.13. The number of Topliss-reactive ketones (excluding diaryl/α,β-unsaturated/α-hetero) is 1. The molecule has 1 aromatic rings. The number of unbranched alkanes of at least 4 members (excludes halogenated alkanes) is 4. The highest BCUT2D eigenvalue weighted by Crippen LogP contribution is 2.15. The number of benzene rings is 1. The van der Waals surface area contributed by atoms with Crippen molar-refractivity contribution in [3.05, 3.63) is 29.8 Å². The van der Waals surface area contributed by atoms with Gasteiger partial charge in [-0.1, -0.05) is 44.7 Å². The maximum atomic E-state index is 12.1. The molecular formula is C15H21ClO3S. The third-order valence-corrected chi connectivity index (χ3v) is 5.23. The summed E-state index contributed by atoms with van der Waals surface area (Å²) in [5, 5.41) is 0. The lowest BCUT2D eigenvalue weighted by molar-refractivity contribution is 0.102. The van der Waals surface area contributed by atoms with Gasteiger partial charge in [0, 0.05) is 5.56 Å². The Kier molecular flexibility index (Phi) is 7.24. The standard InChI is InChI=1S/C15H21ClO3S/c1-2-3-4-5-6-11-20(18,19)14-9-7-13(8-10-14)15(17)12-16/h7-10H,2-6,11-12H2,1H3. The minimum atomic E-state index is -3.24. The first-order valence-electron chi connectivity index (χ1n) is 6.93. The lowest BCUT2D eigenvalue weighted by Crippen LogP contribution is -2.08. The molecule has 0 fully saturated rings. The highest BCUT2D eigenvalue weighted by Gasteiger charge is 2.14. The van der Waals surface area contributed by atoms with E-state index in [9.17, 15) is 13.2 Å². The predicted octanol–water partition coefficient (Wildman–Crippen LogP) is 3.85. The number of sulfone groups is 1. The fourth-order valence-electron chi connectivity index (χ4n) is 1.94. The highest BCUT2D eigenvalue weighted by molar-refractivity contribution is 7.91. The second-order valence-corrected chi connectivity index (χ2v) is 7.19.